The molecule has 2 aromatic heterocycles. The first kappa shape index (κ1) is 19.0. The van der Waals surface area contributed by atoms with Gasteiger partial charge in [-0.15, -0.1) is 0 Å². The van der Waals surface area contributed by atoms with Crippen molar-refractivity contribution in [2.75, 3.05) is 19.6 Å². The van der Waals surface area contributed by atoms with Gasteiger partial charge in [-0.25, -0.2) is 0 Å². The molecule has 2 N–H and O–H groups in total. The molecule has 136 valence electrons. The Morgan fingerprint density at radius 2 is 2.12 bits per heavy atom. The Balaban J connectivity index is 1.82. The van der Waals surface area contributed by atoms with E-state index in [0.29, 0.717) is 5.92 Å². The number of aromatic nitrogens is 3. The van der Waals surface area contributed by atoms with Gasteiger partial charge in [0.1, 0.15) is 0 Å². The molecule has 2 rings (SSSR count). The standard InChI is InChI=1S/C19H30N6/c1-5-20-19(22-11-9-18-8-6-7-10-21-18)23-13-15(2)14-25-17(4)12-16(3)24-25/h6-8,10,12,15H,5,9,11,13-14H2,1-4H3,(H2,20,22,23). The highest BCUT2D eigenvalue weighted by Gasteiger charge is 2.07. The van der Waals surface area contributed by atoms with Crippen molar-refractivity contribution in [3.63, 3.8) is 0 Å². The summed E-state index contributed by atoms with van der Waals surface area (Å²) in [4.78, 5) is 9.05. The second-order valence-electron chi connectivity index (χ2n) is 6.43. The molecular formula is C19H30N6. The van der Waals surface area contributed by atoms with Crippen LogP contribution in [0.15, 0.2) is 35.5 Å². The van der Waals surface area contributed by atoms with Crippen molar-refractivity contribution in [1.29, 1.82) is 0 Å². The normalized spacial score (nSPS) is 12.9. The summed E-state index contributed by atoms with van der Waals surface area (Å²) < 4.78 is 2.07. The fourth-order valence-corrected chi connectivity index (χ4v) is 2.66. The molecule has 0 aliphatic rings. The molecule has 25 heavy (non-hydrogen) atoms. The highest BCUT2D eigenvalue weighted by atomic mass is 15.3. The van der Waals surface area contributed by atoms with E-state index >= 15 is 0 Å². The van der Waals surface area contributed by atoms with E-state index in [2.05, 4.69) is 52.2 Å². The molecule has 1 unspecified atom stereocenters. The third kappa shape index (κ3) is 6.57. The summed E-state index contributed by atoms with van der Waals surface area (Å²) in [6.45, 7) is 11.7. The SMILES string of the molecule is CCNC(=NCC(C)Cn1nc(C)cc1C)NCCc1ccccn1. The molecule has 0 aromatic carbocycles. The Kier molecular flexibility index (Phi) is 7.44. The highest BCUT2D eigenvalue weighted by Crippen LogP contribution is 2.06. The molecule has 0 spiro atoms. The Hall–Kier alpha value is -2.37. The number of nitrogens with one attached hydrogen (secondary N) is 2. The summed E-state index contributed by atoms with van der Waals surface area (Å²) >= 11 is 0. The van der Waals surface area contributed by atoms with E-state index in [-0.39, 0.29) is 0 Å². The third-order valence-corrected chi connectivity index (χ3v) is 3.89. The first-order chi connectivity index (χ1) is 12.1. The molecule has 0 aliphatic heterocycles. The van der Waals surface area contributed by atoms with Crippen LogP contribution in [0.5, 0.6) is 0 Å². The maximum absolute atomic E-state index is 4.71. The van der Waals surface area contributed by atoms with Crippen LogP contribution < -0.4 is 10.6 Å². The summed E-state index contributed by atoms with van der Waals surface area (Å²) in [6.07, 6.45) is 2.71. The Labute approximate surface area is 150 Å². The molecule has 0 aliphatic carbocycles. The Bertz CT molecular complexity index is 662. The first-order valence-electron chi connectivity index (χ1n) is 9.01. The van der Waals surface area contributed by atoms with E-state index in [4.69, 9.17) is 4.99 Å². The van der Waals surface area contributed by atoms with Crippen LogP contribution in [0.2, 0.25) is 0 Å². The summed E-state index contributed by atoms with van der Waals surface area (Å²) in [7, 11) is 0. The van der Waals surface area contributed by atoms with E-state index in [9.17, 15) is 0 Å². The van der Waals surface area contributed by atoms with Crippen LogP contribution in [0.25, 0.3) is 0 Å². The molecule has 0 bridgehead atoms. The summed E-state index contributed by atoms with van der Waals surface area (Å²) in [5.74, 6) is 1.28. The van der Waals surface area contributed by atoms with Crippen LogP contribution in [0.3, 0.4) is 0 Å². The number of hydrogen-bond acceptors (Lipinski definition) is 3. The Morgan fingerprint density at radius 3 is 2.76 bits per heavy atom. The van der Waals surface area contributed by atoms with Crippen LogP contribution in [0, 0.1) is 19.8 Å². The maximum Gasteiger partial charge on any atom is 0.191 e. The van der Waals surface area contributed by atoms with E-state index in [1.807, 2.05) is 31.3 Å². The number of hydrogen-bond donors (Lipinski definition) is 2. The number of rotatable bonds is 8. The fraction of sp³-hybridized carbons (Fsp3) is 0.526. The number of guanidine groups is 1. The Morgan fingerprint density at radius 1 is 1.28 bits per heavy atom. The lowest BCUT2D eigenvalue weighted by Crippen LogP contribution is -2.38. The molecule has 1 atom stereocenters. The van der Waals surface area contributed by atoms with Gasteiger partial charge in [0.15, 0.2) is 5.96 Å². The number of aryl methyl sites for hydroxylation is 2. The van der Waals surface area contributed by atoms with Crippen molar-refractivity contribution >= 4 is 5.96 Å². The minimum Gasteiger partial charge on any atom is -0.357 e. The fourth-order valence-electron chi connectivity index (χ4n) is 2.66. The highest BCUT2D eigenvalue weighted by molar-refractivity contribution is 5.79. The zero-order valence-electron chi connectivity index (χ0n) is 15.8. The van der Waals surface area contributed by atoms with Crippen LogP contribution in [0.4, 0.5) is 0 Å². The van der Waals surface area contributed by atoms with Crippen molar-refractivity contribution in [2.24, 2.45) is 10.9 Å². The minimum absolute atomic E-state index is 0.421. The number of pyridine rings is 1. The molecule has 6 heteroatoms. The molecule has 0 fully saturated rings. The predicted octanol–water partition coefficient (Wildman–Crippen LogP) is 2.33. The molecule has 2 aromatic rings. The first-order valence-corrected chi connectivity index (χ1v) is 9.01. The van der Waals surface area contributed by atoms with Gasteiger partial charge in [0.2, 0.25) is 0 Å². The lowest BCUT2D eigenvalue weighted by molar-refractivity contribution is 0.449. The van der Waals surface area contributed by atoms with Crippen LogP contribution in [-0.2, 0) is 13.0 Å². The van der Waals surface area contributed by atoms with E-state index in [1.165, 1.54) is 5.69 Å². The maximum atomic E-state index is 4.71. The smallest absolute Gasteiger partial charge is 0.191 e. The topological polar surface area (TPSA) is 67.1 Å². The summed E-state index contributed by atoms with van der Waals surface area (Å²) in [6, 6.07) is 8.11. The number of nitrogens with zero attached hydrogens (tertiary/aromatic N) is 4. The zero-order valence-corrected chi connectivity index (χ0v) is 15.8. The largest absolute Gasteiger partial charge is 0.357 e. The number of aliphatic imine (C=N–C) groups is 1. The summed E-state index contributed by atoms with van der Waals surface area (Å²) in [5.41, 5.74) is 3.36. The van der Waals surface area contributed by atoms with Crippen LogP contribution in [0.1, 0.15) is 30.9 Å². The molecule has 2 heterocycles. The van der Waals surface area contributed by atoms with Crippen molar-refractivity contribution in [3.8, 4) is 0 Å². The minimum atomic E-state index is 0.421. The van der Waals surface area contributed by atoms with E-state index < -0.39 is 0 Å². The van der Waals surface area contributed by atoms with Crippen LogP contribution in [-0.4, -0.2) is 40.4 Å². The monoisotopic (exact) mass is 342 g/mol. The average molecular weight is 342 g/mol. The van der Waals surface area contributed by atoms with Crippen molar-refractivity contribution in [2.45, 2.75) is 40.7 Å². The van der Waals surface area contributed by atoms with Gasteiger partial charge in [-0.1, -0.05) is 13.0 Å². The third-order valence-electron chi connectivity index (χ3n) is 3.89. The van der Waals surface area contributed by atoms with Crippen LogP contribution >= 0.6 is 0 Å². The second kappa shape index (κ2) is 9.81. The van der Waals surface area contributed by atoms with E-state index in [1.54, 1.807) is 0 Å². The lowest BCUT2D eigenvalue weighted by atomic mass is 10.2. The predicted molar refractivity (Wildman–Crippen MR) is 103 cm³/mol. The molecule has 0 saturated carbocycles. The van der Waals surface area contributed by atoms with Crippen molar-refractivity contribution in [1.82, 2.24) is 25.4 Å². The molecule has 0 radical (unpaired) electrons. The van der Waals surface area contributed by atoms with Crippen molar-refractivity contribution in [3.05, 3.63) is 47.5 Å². The van der Waals surface area contributed by atoms with E-state index in [0.717, 1.165) is 49.9 Å². The van der Waals surface area contributed by atoms with Gasteiger partial charge in [-0.3, -0.25) is 14.7 Å². The molecule has 0 saturated heterocycles. The molecule has 6 nitrogen and oxygen atoms in total. The van der Waals surface area contributed by atoms with Crippen molar-refractivity contribution < 1.29 is 0 Å². The quantitative estimate of drug-likeness (QED) is 0.571. The van der Waals surface area contributed by atoms with Gasteiger partial charge < -0.3 is 10.6 Å². The molecular weight excluding hydrogens is 312 g/mol. The van der Waals surface area contributed by atoms with Gasteiger partial charge in [0.25, 0.3) is 0 Å². The average Bonchev–Trinajstić information content (AvgIpc) is 2.91. The summed E-state index contributed by atoms with van der Waals surface area (Å²) in [5, 5.41) is 11.2. The van der Waals surface area contributed by atoms with Gasteiger partial charge in [0, 0.05) is 50.2 Å². The zero-order chi connectivity index (χ0) is 18.1. The second-order valence-corrected chi connectivity index (χ2v) is 6.43. The van der Waals surface area contributed by atoms with Gasteiger partial charge in [0.05, 0.1) is 5.69 Å². The van der Waals surface area contributed by atoms with Gasteiger partial charge >= 0.3 is 0 Å². The van der Waals surface area contributed by atoms with Gasteiger partial charge in [-0.2, -0.15) is 5.10 Å². The lowest BCUT2D eigenvalue weighted by Gasteiger charge is -2.14. The molecule has 0 amide bonds. The van der Waals surface area contributed by atoms with Gasteiger partial charge in [-0.05, 0) is 44.9 Å².